The van der Waals surface area contributed by atoms with E-state index < -0.39 is 0 Å². The minimum atomic E-state index is 0.0108. The summed E-state index contributed by atoms with van der Waals surface area (Å²) in [7, 11) is 0. The molecule has 0 spiro atoms. The molecule has 0 bridgehead atoms. The second-order valence-corrected chi connectivity index (χ2v) is 4.61. The standard InChI is InChI=1S/C13H11BrN2O/c14-10-5-9(6-11(15)7-10)13(17)8-12-3-1-2-4-16-12/h1-7H,8,15H2. The van der Waals surface area contributed by atoms with Crippen LogP contribution in [0.15, 0.2) is 47.1 Å². The monoisotopic (exact) mass is 290 g/mol. The summed E-state index contributed by atoms with van der Waals surface area (Å²) in [4.78, 5) is 16.1. The number of benzene rings is 1. The van der Waals surface area contributed by atoms with E-state index in [1.807, 2.05) is 18.2 Å². The molecule has 0 aliphatic carbocycles. The van der Waals surface area contributed by atoms with Crippen molar-refractivity contribution in [2.75, 3.05) is 5.73 Å². The van der Waals surface area contributed by atoms with Gasteiger partial charge in [-0.2, -0.15) is 0 Å². The fourth-order valence-electron chi connectivity index (χ4n) is 1.54. The molecule has 1 heterocycles. The van der Waals surface area contributed by atoms with Gasteiger partial charge in [-0.1, -0.05) is 22.0 Å². The van der Waals surface area contributed by atoms with Gasteiger partial charge in [-0.25, -0.2) is 0 Å². The largest absolute Gasteiger partial charge is 0.399 e. The summed E-state index contributed by atoms with van der Waals surface area (Å²) in [6.07, 6.45) is 1.97. The fraction of sp³-hybridized carbons (Fsp3) is 0.0769. The third-order valence-electron chi connectivity index (χ3n) is 2.31. The molecule has 0 aliphatic heterocycles. The molecule has 2 aromatic rings. The number of nitrogens with two attached hydrogens (primary N) is 1. The summed E-state index contributed by atoms with van der Waals surface area (Å²) in [6.45, 7) is 0. The number of ketones is 1. The van der Waals surface area contributed by atoms with Crippen LogP contribution >= 0.6 is 15.9 Å². The third-order valence-corrected chi connectivity index (χ3v) is 2.77. The van der Waals surface area contributed by atoms with Crippen molar-refractivity contribution < 1.29 is 4.79 Å². The van der Waals surface area contributed by atoms with E-state index in [9.17, 15) is 4.79 Å². The van der Waals surface area contributed by atoms with E-state index in [-0.39, 0.29) is 12.2 Å². The molecule has 0 saturated carbocycles. The summed E-state index contributed by atoms with van der Waals surface area (Å²) in [5.41, 5.74) is 7.63. The Kier molecular flexibility index (Phi) is 3.54. The van der Waals surface area contributed by atoms with Crippen molar-refractivity contribution >= 4 is 27.4 Å². The van der Waals surface area contributed by atoms with Gasteiger partial charge in [0.2, 0.25) is 0 Å². The fourth-order valence-corrected chi connectivity index (χ4v) is 2.05. The van der Waals surface area contributed by atoms with Crippen molar-refractivity contribution in [1.82, 2.24) is 4.98 Å². The first-order valence-electron chi connectivity index (χ1n) is 5.14. The molecule has 2 rings (SSSR count). The van der Waals surface area contributed by atoms with Gasteiger partial charge in [0.15, 0.2) is 5.78 Å². The van der Waals surface area contributed by atoms with E-state index >= 15 is 0 Å². The highest BCUT2D eigenvalue weighted by atomic mass is 79.9. The van der Waals surface area contributed by atoms with Gasteiger partial charge < -0.3 is 5.73 Å². The Bertz CT molecular complexity index is 520. The van der Waals surface area contributed by atoms with E-state index in [0.717, 1.165) is 10.2 Å². The molecule has 0 radical (unpaired) electrons. The van der Waals surface area contributed by atoms with Crippen molar-refractivity contribution in [3.63, 3.8) is 0 Å². The zero-order valence-corrected chi connectivity index (χ0v) is 10.6. The van der Waals surface area contributed by atoms with Crippen LogP contribution in [0, 0.1) is 0 Å². The molecule has 1 aromatic carbocycles. The summed E-state index contributed by atoms with van der Waals surface area (Å²) in [5, 5.41) is 0. The van der Waals surface area contributed by atoms with Crippen molar-refractivity contribution in [2.45, 2.75) is 6.42 Å². The first kappa shape index (κ1) is 11.8. The van der Waals surface area contributed by atoms with Crippen molar-refractivity contribution in [1.29, 1.82) is 0 Å². The number of hydrogen-bond donors (Lipinski definition) is 1. The molecule has 0 unspecified atom stereocenters. The average molecular weight is 291 g/mol. The zero-order chi connectivity index (χ0) is 12.3. The van der Waals surface area contributed by atoms with Crippen LogP contribution < -0.4 is 5.73 Å². The molecule has 0 fully saturated rings. The Balaban J connectivity index is 2.20. The number of Topliss-reactive ketones (excluding diaryl/α,β-unsaturated/α-hetero) is 1. The number of pyridine rings is 1. The Morgan fingerprint density at radius 3 is 2.76 bits per heavy atom. The molecule has 2 N–H and O–H groups in total. The lowest BCUT2D eigenvalue weighted by atomic mass is 10.1. The van der Waals surface area contributed by atoms with Gasteiger partial charge in [0.05, 0.1) is 6.42 Å². The Morgan fingerprint density at radius 2 is 2.12 bits per heavy atom. The van der Waals surface area contributed by atoms with E-state index in [1.165, 1.54) is 0 Å². The molecule has 17 heavy (non-hydrogen) atoms. The van der Waals surface area contributed by atoms with Gasteiger partial charge in [-0.3, -0.25) is 9.78 Å². The average Bonchev–Trinajstić information content (AvgIpc) is 2.29. The second-order valence-electron chi connectivity index (χ2n) is 3.69. The van der Waals surface area contributed by atoms with Crippen LogP contribution in [0.2, 0.25) is 0 Å². The van der Waals surface area contributed by atoms with Crippen molar-refractivity contribution in [2.24, 2.45) is 0 Å². The van der Waals surface area contributed by atoms with E-state index in [2.05, 4.69) is 20.9 Å². The van der Waals surface area contributed by atoms with Gasteiger partial charge in [0, 0.05) is 27.6 Å². The number of nitrogens with zero attached hydrogens (tertiary/aromatic N) is 1. The molecule has 0 atom stereocenters. The number of carbonyl (C=O) groups is 1. The molecule has 0 aliphatic rings. The molecule has 4 heteroatoms. The minimum Gasteiger partial charge on any atom is -0.399 e. The van der Waals surface area contributed by atoms with Crippen LogP contribution in [-0.2, 0) is 6.42 Å². The maximum absolute atomic E-state index is 12.0. The third kappa shape index (κ3) is 3.14. The van der Waals surface area contributed by atoms with E-state index in [4.69, 9.17) is 5.73 Å². The molecule has 3 nitrogen and oxygen atoms in total. The number of nitrogen functional groups attached to an aromatic ring is 1. The molecule has 1 aromatic heterocycles. The maximum atomic E-state index is 12.0. The Hall–Kier alpha value is -1.68. The Morgan fingerprint density at radius 1 is 1.29 bits per heavy atom. The lowest BCUT2D eigenvalue weighted by Gasteiger charge is -2.03. The lowest BCUT2D eigenvalue weighted by Crippen LogP contribution is -2.05. The summed E-state index contributed by atoms with van der Waals surface area (Å²) in [5.74, 6) is 0.0108. The number of rotatable bonds is 3. The van der Waals surface area contributed by atoms with Crippen molar-refractivity contribution in [3.8, 4) is 0 Å². The number of hydrogen-bond acceptors (Lipinski definition) is 3. The minimum absolute atomic E-state index is 0.0108. The predicted octanol–water partition coefficient (Wildman–Crippen LogP) is 2.85. The number of halogens is 1. The number of carbonyl (C=O) groups excluding carboxylic acids is 1. The van der Waals surface area contributed by atoms with Crippen molar-refractivity contribution in [3.05, 3.63) is 58.3 Å². The van der Waals surface area contributed by atoms with E-state index in [0.29, 0.717) is 11.3 Å². The highest BCUT2D eigenvalue weighted by molar-refractivity contribution is 9.10. The van der Waals surface area contributed by atoms with Gasteiger partial charge >= 0.3 is 0 Å². The normalized spacial score (nSPS) is 10.2. The topological polar surface area (TPSA) is 56.0 Å². The van der Waals surface area contributed by atoms with Gasteiger partial charge in [0.25, 0.3) is 0 Å². The highest BCUT2D eigenvalue weighted by Gasteiger charge is 2.09. The first-order chi connectivity index (χ1) is 8.15. The lowest BCUT2D eigenvalue weighted by molar-refractivity contribution is 0.0992. The van der Waals surface area contributed by atoms with Gasteiger partial charge in [-0.05, 0) is 30.3 Å². The summed E-state index contributed by atoms with van der Waals surface area (Å²) < 4.78 is 0.807. The number of anilines is 1. The summed E-state index contributed by atoms with van der Waals surface area (Å²) >= 11 is 3.32. The molecular formula is C13H11BrN2O. The molecule has 0 amide bonds. The molecule has 0 saturated heterocycles. The smallest absolute Gasteiger partial charge is 0.168 e. The summed E-state index contributed by atoms with van der Waals surface area (Å²) in [6, 6.07) is 10.7. The zero-order valence-electron chi connectivity index (χ0n) is 9.06. The number of aromatic nitrogens is 1. The SMILES string of the molecule is Nc1cc(Br)cc(C(=O)Cc2ccccn2)c1. The van der Waals surface area contributed by atoms with Gasteiger partial charge in [-0.15, -0.1) is 0 Å². The van der Waals surface area contributed by atoms with Gasteiger partial charge in [0.1, 0.15) is 0 Å². The van der Waals surface area contributed by atoms with E-state index in [1.54, 1.807) is 24.4 Å². The quantitative estimate of drug-likeness (QED) is 0.699. The van der Waals surface area contributed by atoms with Crippen LogP contribution in [0.5, 0.6) is 0 Å². The second kappa shape index (κ2) is 5.10. The molecular weight excluding hydrogens is 280 g/mol. The van der Waals surface area contributed by atoms with Crippen LogP contribution in [0.25, 0.3) is 0 Å². The maximum Gasteiger partial charge on any atom is 0.168 e. The Labute approximate surface area is 108 Å². The first-order valence-corrected chi connectivity index (χ1v) is 5.93. The van der Waals surface area contributed by atoms with Crippen LogP contribution in [0.3, 0.4) is 0 Å². The van der Waals surface area contributed by atoms with Crippen LogP contribution in [-0.4, -0.2) is 10.8 Å². The molecule has 86 valence electrons. The predicted molar refractivity (Wildman–Crippen MR) is 70.8 cm³/mol. The van der Waals surface area contributed by atoms with Crippen LogP contribution in [0.1, 0.15) is 16.1 Å². The van der Waals surface area contributed by atoms with Crippen LogP contribution in [0.4, 0.5) is 5.69 Å². The highest BCUT2D eigenvalue weighted by Crippen LogP contribution is 2.18.